The lowest BCUT2D eigenvalue weighted by Gasteiger charge is -2.06. The van der Waals surface area contributed by atoms with Gasteiger partial charge in [-0.25, -0.2) is 4.98 Å². The van der Waals surface area contributed by atoms with Crippen LogP contribution in [0.4, 0.5) is 0 Å². The predicted molar refractivity (Wildman–Crippen MR) is 65.0 cm³/mol. The fourth-order valence-corrected chi connectivity index (χ4v) is 2.21. The van der Waals surface area contributed by atoms with E-state index in [1.165, 1.54) is 0 Å². The van der Waals surface area contributed by atoms with Crippen molar-refractivity contribution in [3.05, 3.63) is 28.1 Å². The van der Waals surface area contributed by atoms with Gasteiger partial charge in [-0.15, -0.1) is 0 Å². The van der Waals surface area contributed by atoms with Gasteiger partial charge in [-0.3, -0.25) is 4.79 Å². The van der Waals surface area contributed by atoms with Gasteiger partial charge >= 0.3 is 0 Å². The molecular weight excluding hydrogens is 200 g/mol. The van der Waals surface area contributed by atoms with E-state index in [0.717, 1.165) is 39.1 Å². The van der Waals surface area contributed by atoms with Gasteiger partial charge in [-0.1, -0.05) is 0 Å². The number of fused-ring (bicyclic) bond motifs is 1. The fraction of sp³-hybridized carbons (Fsp3) is 0.385. The van der Waals surface area contributed by atoms with Crippen LogP contribution in [-0.2, 0) is 0 Å². The van der Waals surface area contributed by atoms with Gasteiger partial charge in [0.05, 0.1) is 0 Å². The summed E-state index contributed by atoms with van der Waals surface area (Å²) >= 11 is 0. The summed E-state index contributed by atoms with van der Waals surface area (Å²) in [6.45, 7) is 9.60. The third-order valence-electron chi connectivity index (χ3n) is 3.28. The average molecular weight is 216 g/mol. The number of aromatic nitrogens is 2. The number of rotatable bonds is 1. The van der Waals surface area contributed by atoms with Crippen LogP contribution in [0.1, 0.15) is 39.8 Å². The lowest BCUT2D eigenvalue weighted by Crippen LogP contribution is -1.97. The van der Waals surface area contributed by atoms with Crippen LogP contribution in [0.5, 0.6) is 0 Å². The Morgan fingerprint density at radius 2 is 1.75 bits per heavy atom. The number of carbonyl (C=O) groups excluding carboxylic acids is 1. The highest BCUT2D eigenvalue weighted by molar-refractivity contribution is 6.08. The van der Waals surface area contributed by atoms with Crippen LogP contribution < -0.4 is 0 Å². The maximum atomic E-state index is 11.6. The van der Waals surface area contributed by atoms with Crippen molar-refractivity contribution in [2.75, 3.05) is 0 Å². The van der Waals surface area contributed by atoms with E-state index < -0.39 is 0 Å². The largest absolute Gasteiger partial charge is 0.343 e. The zero-order chi connectivity index (χ0) is 12.0. The van der Waals surface area contributed by atoms with E-state index >= 15 is 0 Å². The molecule has 3 heteroatoms. The van der Waals surface area contributed by atoms with Crippen LogP contribution in [-0.4, -0.2) is 15.8 Å². The summed E-state index contributed by atoms with van der Waals surface area (Å²) in [6, 6.07) is 0. The van der Waals surface area contributed by atoms with Crippen molar-refractivity contribution in [1.29, 1.82) is 0 Å². The van der Waals surface area contributed by atoms with E-state index in [1.807, 2.05) is 27.7 Å². The number of aryl methyl sites for hydroxylation is 3. The minimum absolute atomic E-state index is 0.0944. The molecule has 0 aromatic carbocycles. The summed E-state index contributed by atoms with van der Waals surface area (Å²) in [7, 11) is 0. The molecule has 2 aromatic heterocycles. The van der Waals surface area contributed by atoms with Crippen molar-refractivity contribution in [2.45, 2.75) is 34.6 Å². The number of pyridine rings is 1. The normalized spacial score (nSPS) is 11.1. The third kappa shape index (κ3) is 1.35. The Morgan fingerprint density at radius 1 is 1.12 bits per heavy atom. The van der Waals surface area contributed by atoms with Gasteiger partial charge in [0.1, 0.15) is 5.65 Å². The number of aromatic amines is 1. The summed E-state index contributed by atoms with van der Waals surface area (Å²) in [4.78, 5) is 19.3. The zero-order valence-electron chi connectivity index (χ0n) is 10.4. The Balaban J connectivity index is 2.98. The topological polar surface area (TPSA) is 45.8 Å². The molecule has 84 valence electrons. The molecule has 0 unspecified atom stereocenters. The maximum Gasteiger partial charge on any atom is 0.162 e. The van der Waals surface area contributed by atoms with Crippen molar-refractivity contribution in [1.82, 2.24) is 9.97 Å². The van der Waals surface area contributed by atoms with Crippen molar-refractivity contribution in [3.63, 3.8) is 0 Å². The first-order valence-electron chi connectivity index (χ1n) is 5.40. The Bertz CT molecular complexity index is 594. The molecule has 0 radical (unpaired) electrons. The molecule has 0 fully saturated rings. The molecular formula is C13H16N2O. The van der Waals surface area contributed by atoms with Gasteiger partial charge in [-0.2, -0.15) is 0 Å². The summed E-state index contributed by atoms with van der Waals surface area (Å²) in [5.41, 5.74) is 5.84. The molecule has 0 aliphatic carbocycles. The number of hydrogen-bond acceptors (Lipinski definition) is 2. The van der Waals surface area contributed by atoms with E-state index in [9.17, 15) is 4.79 Å². The van der Waals surface area contributed by atoms with Gasteiger partial charge < -0.3 is 4.98 Å². The van der Waals surface area contributed by atoms with Gasteiger partial charge in [0.2, 0.25) is 0 Å². The SMILES string of the molecule is CC(=O)c1c(C)[nH]c2nc(C)c(C)c(C)c12. The summed E-state index contributed by atoms with van der Waals surface area (Å²) in [6.07, 6.45) is 0. The maximum absolute atomic E-state index is 11.6. The minimum Gasteiger partial charge on any atom is -0.343 e. The molecule has 0 bridgehead atoms. The monoisotopic (exact) mass is 216 g/mol. The first-order valence-corrected chi connectivity index (χ1v) is 5.40. The summed E-state index contributed by atoms with van der Waals surface area (Å²) in [5.74, 6) is 0.0944. The number of carbonyl (C=O) groups is 1. The second-order valence-electron chi connectivity index (χ2n) is 4.35. The fourth-order valence-electron chi connectivity index (χ4n) is 2.21. The number of nitrogens with zero attached hydrogens (tertiary/aromatic N) is 1. The van der Waals surface area contributed by atoms with E-state index in [0.29, 0.717) is 0 Å². The number of nitrogens with one attached hydrogen (secondary N) is 1. The first kappa shape index (κ1) is 10.9. The molecule has 0 atom stereocenters. The number of H-pyrrole nitrogens is 1. The van der Waals surface area contributed by atoms with Crippen molar-refractivity contribution in [2.24, 2.45) is 0 Å². The lowest BCUT2D eigenvalue weighted by molar-refractivity contribution is 0.101. The van der Waals surface area contributed by atoms with Crippen LogP contribution >= 0.6 is 0 Å². The second-order valence-corrected chi connectivity index (χ2v) is 4.35. The van der Waals surface area contributed by atoms with Crippen molar-refractivity contribution < 1.29 is 4.79 Å². The quantitative estimate of drug-likeness (QED) is 0.745. The first-order chi connectivity index (χ1) is 7.43. The van der Waals surface area contributed by atoms with Crippen LogP contribution in [0.25, 0.3) is 11.0 Å². The highest BCUT2D eigenvalue weighted by Gasteiger charge is 2.17. The summed E-state index contributed by atoms with van der Waals surface area (Å²) in [5, 5.41) is 0.980. The molecule has 0 aliphatic rings. The molecule has 0 saturated heterocycles. The Kier molecular flexibility index (Phi) is 2.34. The van der Waals surface area contributed by atoms with Crippen molar-refractivity contribution in [3.8, 4) is 0 Å². The molecule has 3 nitrogen and oxygen atoms in total. The molecule has 0 saturated carbocycles. The molecule has 0 amide bonds. The standard InChI is InChI=1S/C13H16N2O/c1-6-7(2)11-12(10(5)16)9(4)15-13(11)14-8(6)3/h1-5H3,(H,14,15). The molecule has 2 heterocycles. The Hall–Kier alpha value is -1.64. The highest BCUT2D eigenvalue weighted by Crippen LogP contribution is 2.27. The highest BCUT2D eigenvalue weighted by atomic mass is 16.1. The van der Waals surface area contributed by atoms with E-state index in [4.69, 9.17) is 0 Å². The molecule has 16 heavy (non-hydrogen) atoms. The third-order valence-corrected chi connectivity index (χ3v) is 3.28. The number of hydrogen-bond donors (Lipinski definition) is 1. The van der Waals surface area contributed by atoms with Crippen molar-refractivity contribution >= 4 is 16.8 Å². The number of ketones is 1. The molecule has 2 aromatic rings. The number of Topliss-reactive ketones (excluding diaryl/α,β-unsaturated/α-hetero) is 1. The van der Waals surface area contributed by atoms with Gasteiger partial charge in [0, 0.05) is 22.3 Å². The molecule has 2 rings (SSSR count). The minimum atomic E-state index is 0.0944. The van der Waals surface area contributed by atoms with Gasteiger partial charge in [-0.05, 0) is 45.7 Å². The van der Waals surface area contributed by atoms with E-state index in [-0.39, 0.29) is 5.78 Å². The zero-order valence-corrected chi connectivity index (χ0v) is 10.4. The Labute approximate surface area is 94.9 Å². The molecule has 0 spiro atoms. The predicted octanol–water partition coefficient (Wildman–Crippen LogP) is 3.00. The average Bonchev–Trinajstić information content (AvgIpc) is 2.51. The van der Waals surface area contributed by atoms with Gasteiger partial charge in [0.25, 0.3) is 0 Å². The van der Waals surface area contributed by atoms with Crippen LogP contribution in [0.15, 0.2) is 0 Å². The Morgan fingerprint density at radius 3 is 2.31 bits per heavy atom. The molecule has 0 aliphatic heterocycles. The van der Waals surface area contributed by atoms with Crippen LogP contribution in [0.2, 0.25) is 0 Å². The second kappa shape index (κ2) is 3.44. The van der Waals surface area contributed by atoms with E-state index in [1.54, 1.807) is 6.92 Å². The van der Waals surface area contributed by atoms with Gasteiger partial charge in [0.15, 0.2) is 5.78 Å². The van der Waals surface area contributed by atoms with Crippen LogP contribution in [0.3, 0.4) is 0 Å². The molecule has 1 N–H and O–H groups in total. The summed E-state index contributed by atoms with van der Waals surface area (Å²) < 4.78 is 0. The van der Waals surface area contributed by atoms with Crippen LogP contribution in [0, 0.1) is 27.7 Å². The lowest BCUT2D eigenvalue weighted by atomic mass is 10.0. The smallest absolute Gasteiger partial charge is 0.162 e. The van der Waals surface area contributed by atoms with E-state index in [2.05, 4.69) is 9.97 Å².